The second kappa shape index (κ2) is 11.0. The van der Waals surface area contributed by atoms with E-state index in [0.717, 1.165) is 10.4 Å². The minimum atomic E-state index is -0.963. The van der Waals surface area contributed by atoms with Crippen molar-refractivity contribution in [2.75, 3.05) is 0 Å². The van der Waals surface area contributed by atoms with Gasteiger partial charge in [0.2, 0.25) is 0 Å². The van der Waals surface area contributed by atoms with E-state index in [4.69, 9.17) is 10.7 Å². The Morgan fingerprint density at radius 2 is 1.75 bits per heavy atom. The molecule has 0 radical (unpaired) electrons. The zero-order chi connectivity index (χ0) is 19.4. The molecule has 140 valence electrons. The predicted octanol–water partition coefficient (Wildman–Crippen LogP) is 1.06. The Labute approximate surface area is 213 Å². The zero-order valence-corrected chi connectivity index (χ0v) is 20.7. The molecule has 0 aliphatic rings. The molecule has 7 heteroatoms. The molecule has 0 saturated carbocycles. The normalized spacial score (nSPS) is 13.3. The first kappa shape index (κ1) is 26.7. The van der Waals surface area contributed by atoms with E-state index in [1.54, 1.807) is 31.2 Å². The third-order valence-corrected chi connectivity index (χ3v) is 5.72. The van der Waals surface area contributed by atoms with Crippen LogP contribution in [0, 0.1) is 35.5 Å². The molecule has 0 amide bonds. The Balaban J connectivity index is 0.00000364. The summed E-state index contributed by atoms with van der Waals surface area (Å²) < 4.78 is 0. The first-order valence-electron chi connectivity index (χ1n) is 7.91. The van der Waals surface area contributed by atoms with Gasteiger partial charge in [0.15, 0.2) is 0 Å². The zero-order valence-electron chi connectivity index (χ0n) is 16.8. The van der Waals surface area contributed by atoms with E-state index < -0.39 is 16.9 Å². The van der Waals surface area contributed by atoms with Gasteiger partial charge in [-0.1, -0.05) is 35.7 Å². The Bertz CT molecular complexity index is 892. The minimum Gasteiger partial charge on any atom is -0.543 e. The van der Waals surface area contributed by atoms with E-state index in [1.807, 2.05) is 26.0 Å². The van der Waals surface area contributed by atoms with Crippen molar-refractivity contribution in [3.05, 3.63) is 64.7 Å². The Kier molecular flexibility index (Phi) is 10.5. The summed E-state index contributed by atoms with van der Waals surface area (Å²) in [5, 5.41) is 28.5. The summed E-state index contributed by atoms with van der Waals surface area (Å²) in [6.45, 7) is 5.44. The average Bonchev–Trinajstić information content (AvgIpc) is 3.13. The predicted molar refractivity (Wildman–Crippen MR) is 107 cm³/mol. The molecule has 2 rings (SSSR count). The van der Waals surface area contributed by atoms with Crippen molar-refractivity contribution in [2.24, 2.45) is 0 Å². The Morgan fingerprint density at radius 1 is 1.14 bits per heavy atom. The monoisotopic (exact) mass is 416 g/mol. The summed E-state index contributed by atoms with van der Waals surface area (Å²) >= 11 is 1.26. The molecular formula is C21H21KN4OS-2. The van der Waals surface area contributed by atoms with Crippen molar-refractivity contribution in [1.82, 2.24) is 5.32 Å². The molecule has 2 N–H and O–H groups in total. The summed E-state index contributed by atoms with van der Waals surface area (Å²) in [5.74, 6) is -0.718. The van der Waals surface area contributed by atoms with Crippen LogP contribution in [0.1, 0.15) is 47.6 Å². The molecule has 1 heterocycles. The maximum atomic E-state index is 11.8. The number of nitrogens with one attached hydrogen (secondary N) is 2. The number of nitrogens with zero attached hydrogens (tertiary/aromatic N) is 2. The van der Waals surface area contributed by atoms with Gasteiger partial charge in [-0.25, -0.2) is 0 Å². The van der Waals surface area contributed by atoms with Gasteiger partial charge in [-0.15, -0.1) is 11.3 Å². The van der Waals surface area contributed by atoms with Gasteiger partial charge >= 0.3 is 51.4 Å². The molecule has 2 unspecified atom stereocenters. The molecule has 0 aliphatic carbocycles. The van der Waals surface area contributed by atoms with Crippen LogP contribution in [0.25, 0.3) is 0 Å². The second-order valence-electron chi connectivity index (χ2n) is 6.64. The topological polar surface area (TPSA) is 101 Å². The van der Waals surface area contributed by atoms with Crippen LogP contribution >= 0.6 is 11.3 Å². The van der Waals surface area contributed by atoms with E-state index in [0.29, 0.717) is 10.4 Å². The van der Waals surface area contributed by atoms with E-state index in [2.05, 4.69) is 30.1 Å². The third-order valence-electron chi connectivity index (χ3n) is 4.49. The van der Waals surface area contributed by atoms with Crippen molar-refractivity contribution >= 4 is 24.0 Å². The van der Waals surface area contributed by atoms with E-state index in [-0.39, 0.29) is 58.8 Å². The second-order valence-corrected chi connectivity index (χ2v) is 7.72. The van der Waals surface area contributed by atoms with Crippen molar-refractivity contribution in [1.29, 1.82) is 15.9 Å². The van der Waals surface area contributed by atoms with Gasteiger partial charge < -0.3 is 29.3 Å². The van der Waals surface area contributed by atoms with Crippen molar-refractivity contribution in [3.8, 4) is 12.1 Å². The average molecular weight is 417 g/mol. The van der Waals surface area contributed by atoms with Crippen LogP contribution in [0.2, 0.25) is 0 Å². The molecule has 5 nitrogen and oxygen atoms in total. The van der Waals surface area contributed by atoms with Crippen molar-refractivity contribution in [3.63, 3.8) is 0 Å². The maximum absolute atomic E-state index is 11.8. The molecule has 0 saturated heterocycles. The molecule has 2 atom stereocenters. The quantitative estimate of drug-likeness (QED) is 0.232. The largest absolute Gasteiger partial charge is 1.00 e. The maximum Gasteiger partial charge on any atom is 1.00 e. The molecule has 28 heavy (non-hydrogen) atoms. The van der Waals surface area contributed by atoms with E-state index in [1.165, 1.54) is 11.3 Å². The SMILES string of the molecule is CC(C)(C#N)c1ccc(C([C-]=O)C(C)(N[C-]=N)c2ccc(C#N)s2)cc1.[CH3-].[K+]. The summed E-state index contributed by atoms with van der Waals surface area (Å²) in [5.41, 5.74) is -0.0343. The van der Waals surface area contributed by atoms with Gasteiger partial charge in [0.25, 0.3) is 0 Å². The van der Waals surface area contributed by atoms with Crippen LogP contribution in [0.15, 0.2) is 36.4 Å². The first-order valence-corrected chi connectivity index (χ1v) is 8.72. The van der Waals surface area contributed by atoms with Crippen LogP contribution < -0.4 is 56.7 Å². The molecular weight excluding hydrogens is 395 g/mol. The third kappa shape index (κ3) is 5.39. The number of hydrogen-bond acceptors (Lipinski definition) is 5. The molecule has 1 aromatic heterocycles. The fourth-order valence-electron chi connectivity index (χ4n) is 2.76. The standard InChI is InChI=1S/C20H18N4OS.CH3.K/c1-19(2,12-22)15-6-4-14(5-7-15)17(11-25)20(3,24-13-23)18-9-8-16(10-21)26-18;;/h4-9,17H,1-3H3,(H2,23,24);1H3;/q-2;-1;+1. The van der Waals surface area contributed by atoms with Crippen LogP contribution in [0.3, 0.4) is 0 Å². The Morgan fingerprint density at radius 3 is 2.18 bits per heavy atom. The molecule has 0 bridgehead atoms. The number of nitriles is 2. The van der Waals surface area contributed by atoms with Crippen LogP contribution in [-0.2, 0) is 15.7 Å². The smallest absolute Gasteiger partial charge is 0.543 e. The minimum absolute atomic E-state index is 0. The van der Waals surface area contributed by atoms with Crippen LogP contribution in [-0.4, -0.2) is 12.6 Å². The first-order chi connectivity index (χ1) is 12.3. The van der Waals surface area contributed by atoms with Crippen molar-refractivity contribution in [2.45, 2.75) is 37.6 Å². The number of hydrogen-bond donors (Lipinski definition) is 2. The van der Waals surface area contributed by atoms with E-state index in [9.17, 15) is 10.1 Å². The number of rotatable bonds is 7. The Hall–Kier alpha value is -1.32. The fraction of sp³-hybridized carbons (Fsp3) is 0.286. The molecule has 0 aliphatic heterocycles. The van der Waals surface area contributed by atoms with Gasteiger partial charge in [0.1, 0.15) is 10.9 Å². The van der Waals surface area contributed by atoms with Gasteiger partial charge in [-0.2, -0.15) is 10.5 Å². The number of thiophene rings is 1. The molecule has 1 aromatic carbocycles. The molecule has 0 spiro atoms. The number of carbonyl (C=O) groups excluding carboxylic acids is 1. The van der Waals surface area contributed by atoms with Crippen LogP contribution in [0.4, 0.5) is 0 Å². The van der Waals surface area contributed by atoms with E-state index >= 15 is 0 Å². The summed E-state index contributed by atoms with van der Waals surface area (Å²) in [4.78, 5) is 13.1. The van der Waals surface area contributed by atoms with Gasteiger partial charge in [0.05, 0.1) is 11.5 Å². The van der Waals surface area contributed by atoms with Gasteiger partial charge in [-0.3, -0.25) is 6.29 Å². The summed E-state index contributed by atoms with van der Waals surface area (Å²) in [6.07, 6.45) is 4.23. The summed E-state index contributed by atoms with van der Waals surface area (Å²) in [7, 11) is 0. The van der Waals surface area contributed by atoms with Crippen molar-refractivity contribution < 1.29 is 56.2 Å². The van der Waals surface area contributed by atoms with Gasteiger partial charge in [0, 0.05) is 10.4 Å². The fourth-order valence-corrected chi connectivity index (χ4v) is 3.69. The molecule has 2 aromatic rings. The summed E-state index contributed by atoms with van der Waals surface area (Å²) in [6, 6.07) is 15.0. The number of benzene rings is 1. The van der Waals surface area contributed by atoms with Gasteiger partial charge in [-0.05, 0) is 38.5 Å². The molecule has 0 fully saturated rings. The van der Waals surface area contributed by atoms with Crippen LogP contribution in [0.5, 0.6) is 0 Å².